The number of ether oxygens (including phenoxy) is 4. The number of nitrogens with one attached hydrogen (secondary N) is 4. The minimum atomic E-state index is -2.82. The average molecular weight is 1350 g/mol. The molecule has 0 bridgehead atoms. The third-order valence-corrected chi connectivity index (χ3v) is 19.7. The largest absolute Gasteiger partial charge is 0.500 e. The second kappa shape index (κ2) is 48.9. The molecule has 30 heteroatoms. The third-order valence-electron chi connectivity index (χ3n) is 16.2. The van der Waals surface area contributed by atoms with Crippen molar-refractivity contribution in [2.45, 2.75) is 212 Å². The Morgan fingerprint density at radius 1 is 0.446 bits per heavy atom. The van der Waals surface area contributed by atoms with Crippen LogP contribution in [0, 0.1) is 0 Å². The number of nitrogens with zero attached hydrogens (tertiary/aromatic N) is 6. The Balaban J connectivity index is 1.12. The van der Waals surface area contributed by atoms with E-state index in [1.54, 1.807) is 38.2 Å². The summed E-state index contributed by atoms with van der Waals surface area (Å²) in [5.41, 5.74) is 0. The Kier molecular flexibility index (Phi) is 42.8. The van der Waals surface area contributed by atoms with Gasteiger partial charge in [0.1, 0.15) is 12.2 Å². The molecule has 2 aliphatic heterocycles. The van der Waals surface area contributed by atoms with Crippen LogP contribution in [0.25, 0.3) is 0 Å². The standard InChI is InChI=1S/C62H112N10O18SSi/c1-7-9-47-87-53(73)33-45-67(39-27-49-91-83-3)55(75)63-35-19-11-15-23-41-69-59(79)71(60(69)80)43-25-17-13-21-37-65-57(77)89-51-29-31-52(32-30-51)90-58(78)66-38-22-14-18-26-44-72-61(81)70(62(72)82)42-24-16-12-20-36-64-56(76)68(46-34-54(74)88-48-10-8-2)40-28-50-92(84-4,85-5)86-6/h51-52H,7-50H2,1-6H3,(H,63,75)(H,64,76)(H,65,77)(H,66,78). The zero-order valence-corrected chi connectivity index (χ0v) is 58.0. The smallest absolute Gasteiger partial charge is 0.466 e. The second-order valence-electron chi connectivity index (χ2n) is 23.3. The topological polar surface area (TPSA) is 312 Å². The maximum absolute atomic E-state index is 13.1. The van der Waals surface area contributed by atoms with Gasteiger partial charge in [-0.15, -0.1) is 0 Å². The maximum atomic E-state index is 13.1. The van der Waals surface area contributed by atoms with Gasteiger partial charge in [-0.05, 0) is 115 Å². The highest BCUT2D eigenvalue weighted by Gasteiger charge is 2.43. The molecule has 0 unspecified atom stereocenters. The summed E-state index contributed by atoms with van der Waals surface area (Å²) >= 11 is 1.32. The summed E-state index contributed by atoms with van der Waals surface area (Å²) in [4.78, 5) is 134. The predicted molar refractivity (Wildman–Crippen MR) is 348 cm³/mol. The van der Waals surface area contributed by atoms with Gasteiger partial charge in [-0.25, -0.2) is 58.0 Å². The van der Waals surface area contributed by atoms with Crippen molar-refractivity contribution in [3.8, 4) is 0 Å². The maximum Gasteiger partial charge on any atom is 0.500 e. The highest BCUT2D eigenvalue weighted by atomic mass is 32.2. The van der Waals surface area contributed by atoms with Crippen LogP contribution in [0.1, 0.15) is 194 Å². The van der Waals surface area contributed by atoms with Gasteiger partial charge in [-0.2, -0.15) is 0 Å². The number of imide groups is 4. The second-order valence-corrected chi connectivity index (χ2v) is 27.4. The van der Waals surface area contributed by atoms with Crippen molar-refractivity contribution in [1.29, 1.82) is 0 Å². The van der Waals surface area contributed by atoms with Crippen molar-refractivity contribution < 1.29 is 84.4 Å². The molecule has 528 valence electrons. The van der Waals surface area contributed by atoms with Crippen LogP contribution in [0.5, 0.6) is 0 Å². The molecular weight excluding hydrogens is 1230 g/mol. The van der Waals surface area contributed by atoms with Gasteiger partial charge in [0, 0.05) is 112 Å². The van der Waals surface area contributed by atoms with Crippen molar-refractivity contribution in [1.82, 2.24) is 50.7 Å². The first-order chi connectivity index (χ1) is 44.6. The van der Waals surface area contributed by atoms with Gasteiger partial charge in [0.05, 0.1) is 33.2 Å². The number of hydrogen-bond acceptors (Lipinski definition) is 19. The van der Waals surface area contributed by atoms with Crippen LogP contribution < -0.4 is 21.3 Å². The molecule has 1 saturated carbocycles. The van der Waals surface area contributed by atoms with E-state index in [0.29, 0.717) is 155 Å². The summed E-state index contributed by atoms with van der Waals surface area (Å²) in [6.45, 7) is 9.33. The molecule has 0 aromatic carbocycles. The molecule has 28 nitrogen and oxygen atoms in total. The fraction of sp³-hybridized carbons (Fsp3) is 0.839. The molecule has 92 heavy (non-hydrogen) atoms. The van der Waals surface area contributed by atoms with Gasteiger partial charge in [-0.1, -0.05) is 78.1 Å². The lowest BCUT2D eigenvalue weighted by Gasteiger charge is -2.39. The minimum Gasteiger partial charge on any atom is -0.466 e. The number of hydrogen-bond donors (Lipinski definition) is 4. The number of carbonyl (C=O) groups is 10. The minimum absolute atomic E-state index is 0.0873. The summed E-state index contributed by atoms with van der Waals surface area (Å²) in [5.74, 6) is 0.0648. The zero-order chi connectivity index (χ0) is 67.2. The summed E-state index contributed by atoms with van der Waals surface area (Å²) < 4.78 is 43.3. The van der Waals surface area contributed by atoms with E-state index in [-0.39, 0.29) is 86.3 Å². The highest BCUT2D eigenvalue weighted by molar-refractivity contribution is 7.94. The molecule has 0 radical (unpaired) electrons. The Labute approximate surface area is 551 Å². The first kappa shape index (κ1) is 80.5. The van der Waals surface area contributed by atoms with Gasteiger partial charge in [-0.3, -0.25) is 9.59 Å². The highest BCUT2D eigenvalue weighted by Crippen LogP contribution is 2.25. The van der Waals surface area contributed by atoms with E-state index in [2.05, 4.69) is 21.3 Å². The molecule has 2 heterocycles. The molecule has 0 atom stereocenters. The molecule has 0 aromatic heterocycles. The van der Waals surface area contributed by atoms with Gasteiger partial charge in [0.25, 0.3) is 0 Å². The fourth-order valence-corrected chi connectivity index (χ4v) is 12.7. The quantitative estimate of drug-likeness (QED) is 0.0145. The summed E-state index contributed by atoms with van der Waals surface area (Å²) in [6, 6.07) is -1.13. The van der Waals surface area contributed by atoms with Crippen LogP contribution in [0.2, 0.25) is 6.04 Å². The van der Waals surface area contributed by atoms with Crippen molar-refractivity contribution >= 4 is 81.2 Å². The lowest BCUT2D eigenvalue weighted by atomic mass is 9.95. The van der Waals surface area contributed by atoms with Crippen LogP contribution in [-0.2, 0) is 46.0 Å². The summed E-state index contributed by atoms with van der Waals surface area (Å²) in [6.07, 6.45) is 17.7. The molecule has 4 N–H and O–H groups in total. The van der Waals surface area contributed by atoms with Gasteiger partial charge in [0.2, 0.25) is 0 Å². The molecule has 2 saturated heterocycles. The first-order valence-electron chi connectivity index (χ1n) is 33.9. The van der Waals surface area contributed by atoms with Gasteiger partial charge >= 0.3 is 69.1 Å². The predicted octanol–water partition coefficient (Wildman–Crippen LogP) is 10.1. The van der Waals surface area contributed by atoms with Crippen molar-refractivity contribution in [3.63, 3.8) is 0 Å². The van der Waals surface area contributed by atoms with Gasteiger partial charge in [0.15, 0.2) is 0 Å². The Hall–Kier alpha value is -5.69. The Morgan fingerprint density at radius 2 is 0.783 bits per heavy atom. The normalized spacial score (nSPS) is 15.6. The van der Waals surface area contributed by atoms with Crippen LogP contribution >= 0.6 is 12.0 Å². The van der Waals surface area contributed by atoms with E-state index in [1.165, 1.54) is 31.6 Å². The lowest BCUT2D eigenvalue weighted by molar-refractivity contribution is -0.144. The Morgan fingerprint density at radius 3 is 1.12 bits per heavy atom. The van der Waals surface area contributed by atoms with E-state index in [9.17, 15) is 47.9 Å². The summed E-state index contributed by atoms with van der Waals surface area (Å²) in [7, 11) is 3.40. The van der Waals surface area contributed by atoms with Crippen molar-refractivity contribution in [2.75, 3.05) is 126 Å². The summed E-state index contributed by atoms with van der Waals surface area (Å²) in [5, 5.41) is 11.5. The van der Waals surface area contributed by atoms with E-state index < -0.39 is 21.0 Å². The first-order valence-corrected chi connectivity index (χ1v) is 36.7. The third kappa shape index (κ3) is 32.4. The number of amides is 14. The number of urea groups is 6. The van der Waals surface area contributed by atoms with Gasteiger partial charge < -0.3 is 67.5 Å². The van der Waals surface area contributed by atoms with Crippen LogP contribution in [-0.4, -0.2) is 237 Å². The van der Waals surface area contributed by atoms with Crippen LogP contribution in [0.15, 0.2) is 0 Å². The fourth-order valence-electron chi connectivity index (χ4n) is 10.6. The van der Waals surface area contributed by atoms with E-state index in [1.807, 2.05) is 13.8 Å². The number of alkyl carbamates (subject to hydrolysis) is 2. The monoisotopic (exact) mass is 1340 g/mol. The average Bonchev–Trinajstić information content (AvgIpc) is 0.812. The number of carbonyl (C=O) groups excluding carboxylic acids is 10. The molecule has 0 aromatic rings. The SMILES string of the molecule is CCCCOC(=O)CCN(CCCSOC)C(=O)NCCCCCCN1C(=O)N(CCCCCCNC(=O)OC2CCC(OC(=O)NCCCCCCN3C(=O)N(CCCCCCNC(=O)N(CCC[Si](OC)(OC)OC)CCC(=O)OCCCC)C3=O)CC2)C1=O. The molecule has 3 fully saturated rings. The van der Waals surface area contributed by atoms with Crippen LogP contribution in [0.4, 0.5) is 38.4 Å². The Bertz CT molecular complexity index is 2150. The number of unbranched alkanes of at least 4 members (excludes halogenated alkanes) is 14. The lowest BCUT2D eigenvalue weighted by Crippen LogP contribution is -2.64. The van der Waals surface area contributed by atoms with Crippen molar-refractivity contribution in [2.24, 2.45) is 0 Å². The van der Waals surface area contributed by atoms with E-state index in [0.717, 1.165) is 102 Å². The molecule has 1 aliphatic carbocycles. The van der Waals surface area contributed by atoms with Crippen molar-refractivity contribution in [3.05, 3.63) is 0 Å². The molecule has 3 aliphatic rings. The number of rotatable bonds is 54. The molecule has 14 amide bonds. The van der Waals surface area contributed by atoms with E-state index >= 15 is 0 Å². The zero-order valence-electron chi connectivity index (χ0n) is 56.2. The molecular formula is C62H112N10O18SSi. The molecule has 0 spiro atoms. The van der Waals surface area contributed by atoms with Crippen LogP contribution in [0.3, 0.4) is 0 Å². The van der Waals surface area contributed by atoms with E-state index in [4.69, 9.17) is 36.4 Å². The molecule has 3 rings (SSSR count). The number of esters is 2.